The Morgan fingerprint density at radius 3 is 3.09 bits per heavy atom. The lowest BCUT2D eigenvalue weighted by Gasteiger charge is -2.23. The van der Waals surface area contributed by atoms with Crippen LogP contribution in [0.2, 0.25) is 0 Å². The molecular weight excluding hydrogens is 140 g/mol. The molecule has 1 heterocycles. The van der Waals surface area contributed by atoms with Gasteiger partial charge in [0.15, 0.2) is 6.29 Å². The highest BCUT2D eigenvalue weighted by Gasteiger charge is 2.17. The summed E-state index contributed by atoms with van der Waals surface area (Å²) in [5, 5.41) is 9.33. The molecule has 11 heavy (non-hydrogen) atoms. The molecule has 0 fully saturated rings. The van der Waals surface area contributed by atoms with Gasteiger partial charge in [0.2, 0.25) is 0 Å². The van der Waals surface area contributed by atoms with Gasteiger partial charge in [-0.15, -0.1) is 0 Å². The zero-order chi connectivity index (χ0) is 8.27. The van der Waals surface area contributed by atoms with E-state index in [0.717, 1.165) is 18.4 Å². The van der Waals surface area contributed by atoms with Gasteiger partial charge < -0.3 is 9.84 Å². The van der Waals surface area contributed by atoms with Gasteiger partial charge in [-0.2, -0.15) is 0 Å². The van der Waals surface area contributed by atoms with E-state index in [4.69, 9.17) is 4.74 Å². The third-order valence-corrected chi connectivity index (χ3v) is 1.87. The molecule has 0 amide bonds. The molecular formula is C9H16O2. The average Bonchev–Trinajstić information content (AvgIpc) is 1.98. The Morgan fingerprint density at radius 1 is 1.73 bits per heavy atom. The largest absolute Gasteiger partial charge is 0.364 e. The molecule has 2 nitrogen and oxygen atoms in total. The van der Waals surface area contributed by atoms with Crippen LogP contribution >= 0.6 is 0 Å². The maximum atomic E-state index is 9.33. The SMILES string of the molecule is CCCC1=CC(C)COC1O. The molecule has 1 N–H and O–H groups in total. The number of aliphatic hydroxyl groups excluding tert-OH is 1. The standard InChI is InChI=1S/C9H16O2/c1-3-4-8-5-7(2)6-11-9(8)10/h5,7,9-10H,3-4,6H2,1-2H3. The summed E-state index contributed by atoms with van der Waals surface area (Å²) >= 11 is 0. The minimum Gasteiger partial charge on any atom is -0.364 e. The Hall–Kier alpha value is -0.340. The van der Waals surface area contributed by atoms with E-state index in [1.54, 1.807) is 0 Å². The van der Waals surface area contributed by atoms with Crippen LogP contribution in [-0.2, 0) is 4.74 Å². The summed E-state index contributed by atoms with van der Waals surface area (Å²) in [5.41, 5.74) is 1.05. The molecule has 0 aromatic carbocycles. The van der Waals surface area contributed by atoms with Gasteiger partial charge in [0, 0.05) is 0 Å². The highest BCUT2D eigenvalue weighted by atomic mass is 16.6. The van der Waals surface area contributed by atoms with E-state index < -0.39 is 6.29 Å². The van der Waals surface area contributed by atoms with Crippen LogP contribution in [-0.4, -0.2) is 18.0 Å². The molecule has 2 atom stereocenters. The maximum absolute atomic E-state index is 9.33. The first kappa shape index (κ1) is 8.75. The Balaban J connectivity index is 2.56. The van der Waals surface area contributed by atoms with E-state index in [-0.39, 0.29) is 0 Å². The number of hydrogen-bond donors (Lipinski definition) is 1. The summed E-state index contributed by atoms with van der Waals surface area (Å²) in [4.78, 5) is 0. The highest BCUT2D eigenvalue weighted by Crippen LogP contribution is 2.20. The second-order valence-electron chi connectivity index (χ2n) is 3.15. The molecule has 0 aromatic rings. The normalized spacial score (nSPS) is 31.7. The smallest absolute Gasteiger partial charge is 0.177 e. The van der Waals surface area contributed by atoms with Gasteiger partial charge in [-0.25, -0.2) is 0 Å². The topological polar surface area (TPSA) is 29.5 Å². The predicted octanol–water partition coefficient (Wildman–Crippen LogP) is 1.70. The lowest BCUT2D eigenvalue weighted by molar-refractivity contribution is -0.0895. The van der Waals surface area contributed by atoms with E-state index in [2.05, 4.69) is 19.9 Å². The molecule has 2 heteroatoms. The Kier molecular flexibility index (Phi) is 3.09. The van der Waals surface area contributed by atoms with Gasteiger partial charge in [0.25, 0.3) is 0 Å². The Labute approximate surface area is 67.9 Å². The summed E-state index contributed by atoms with van der Waals surface area (Å²) < 4.78 is 5.14. The van der Waals surface area contributed by atoms with Crippen LogP contribution in [0.15, 0.2) is 11.6 Å². The summed E-state index contributed by atoms with van der Waals surface area (Å²) in [7, 11) is 0. The number of hydrogen-bond acceptors (Lipinski definition) is 2. The molecule has 1 aliphatic rings. The third-order valence-electron chi connectivity index (χ3n) is 1.87. The molecule has 0 saturated heterocycles. The molecule has 1 aliphatic heterocycles. The monoisotopic (exact) mass is 156 g/mol. The van der Waals surface area contributed by atoms with Crippen molar-refractivity contribution in [3.63, 3.8) is 0 Å². The molecule has 0 aliphatic carbocycles. The van der Waals surface area contributed by atoms with Crippen LogP contribution in [0.1, 0.15) is 26.7 Å². The van der Waals surface area contributed by atoms with Gasteiger partial charge in [-0.1, -0.05) is 26.3 Å². The lowest BCUT2D eigenvalue weighted by Crippen LogP contribution is -2.24. The maximum Gasteiger partial charge on any atom is 0.177 e. The van der Waals surface area contributed by atoms with E-state index in [0.29, 0.717) is 12.5 Å². The molecule has 0 aromatic heterocycles. The third kappa shape index (κ3) is 2.31. The minimum atomic E-state index is -0.633. The van der Waals surface area contributed by atoms with Crippen molar-refractivity contribution >= 4 is 0 Å². The second-order valence-corrected chi connectivity index (χ2v) is 3.15. The fourth-order valence-electron chi connectivity index (χ4n) is 1.34. The molecule has 0 saturated carbocycles. The summed E-state index contributed by atoms with van der Waals surface area (Å²) in [6.07, 6.45) is 3.51. The van der Waals surface area contributed by atoms with Gasteiger partial charge in [-0.3, -0.25) is 0 Å². The van der Waals surface area contributed by atoms with Crippen LogP contribution in [0.4, 0.5) is 0 Å². The quantitative estimate of drug-likeness (QED) is 0.616. The highest BCUT2D eigenvalue weighted by molar-refractivity contribution is 5.09. The minimum absolute atomic E-state index is 0.458. The summed E-state index contributed by atoms with van der Waals surface area (Å²) in [5.74, 6) is 0.458. The van der Waals surface area contributed by atoms with Crippen molar-refractivity contribution in [1.29, 1.82) is 0 Å². The van der Waals surface area contributed by atoms with E-state index in [1.165, 1.54) is 0 Å². The fourth-order valence-corrected chi connectivity index (χ4v) is 1.34. The van der Waals surface area contributed by atoms with Crippen molar-refractivity contribution in [3.8, 4) is 0 Å². The van der Waals surface area contributed by atoms with Crippen LogP contribution in [0.3, 0.4) is 0 Å². The van der Waals surface area contributed by atoms with Crippen molar-refractivity contribution in [3.05, 3.63) is 11.6 Å². The van der Waals surface area contributed by atoms with Crippen molar-refractivity contribution in [2.45, 2.75) is 33.0 Å². The Bertz CT molecular complexity index is 152. The average molecular weight is 156 g/mol. The van der Waals surface area contributed by atoms with Gasteiger partial charge in [0.05, 0.1) is 6.61 Å². The molecule has 2 unspecified atom stereocenters. The fraction of sp³-hybridized carbons (Fsp3) is 0.778. The zero-order valence-corrected chi connectivity index (χ0v) is 7.21. The molecule has 1 rings (SSSR count). The van der Waals surface area contributed by atoms with Crippen molar-refractivity contribution in [2.24, 2.45) is 5.92 Å². The lowest BCUT2D eigenvalue weighted by atomic mass is 10.0. The van der Waals surface area contributed by atoms with E-state index in [9.17, 15) is 5.11 Å². The molecule has 0 bridgehead atoms. The Morgan fingerprint density at radius 2 is 2.45 bits per heavy atom. The predicted molar refractivity (Wildman–Crippen MR) is 44.1 cm³/mol. The van der Waals surface area contributed by atoms with Crippen molar-refractivity contribution in [2.75, 3.05) is 6.61 Å². The van der Waals surface area contributed by atoms with Crippen molar-refractivity contribution in [1.82, 2.24) is 0 Å². The van der Waals surface area contributed by atoms with Gasteiger partial charge >= 0.3 is 0 Å². The van der Waals surface area contributed by atoms with Crippen LogP contribution in [0, 0.1) is 5.92 Å². The van der Waals surface area contributed by atoms with E-state index >= 15 is 0 Å². The van der Waals surface area contributed by atoms with Gasteiger partial charge in [0.1, 0.15) is 0 Å². The first-order valence-corrected chi connectivity index (χ1v) is 4.24. The molecule has 64 valence electrons. The first-order valence-electron chi connectivity index (χ1n) is 4.24. The second kappa shape index (κ2) is 3.88. The van der Waals surface area contributed by atoms with Gasteiger partial charge in [-0.05, 0) is 17.9 Å². The van der Waals surface area contributed by atoms with Crippen LogP contribution in [0.5, 0.6) is 0 Å². The number of rotatable bonds is 2. The number of aliphatic hydroxyl groups is 1. The molecule has 0 radical (unpaired) electrons. The van der Waals surface area contributed by atoms with Crippen LogP contribution in [0.25, 0.3) is 0 Å². The summed E-state index contributed by atoms with van der Waals surface area (Å²) in [6.45, 7) is 4.85. The number of ether oxygens (including phenoxy) is 1. The van der Waals surface area contributed by atoms with Crippen molar-refractivity contribution < 1.29 is 9.84 Å². The first-order chi connectivity index (χ1) is 5.24. The molecule has 0 spiro atoms. The zero-order valence-electron chi connectivity index (χ0n) is 7.21. The van der Waals surface area contributed by atoms with Crippen LogP contribution < -0.4 is 0 Å². The van der Waals surface area contributed by atoms with E-state index in [1.807, 2.05) is 0 Å². The summed E-state index contributed by atoms with van der Waals surface area (Å²) in [6, 6.07) is 0.